The molecule has 0 unspecified atom stereocenters. The van der Waals surface area contributed by atoms with Crippen LogP contribution in [0.25, 0.3) is 0 Å². The summed E-state index contributed by atoms with van der Waals surface area (Å²) in [6.45, 7) is 4.12. The summed E-state index contributed by atoms with van der Waals surface area (Å²) in [5.41, 5.74) is 2.45. The van der Waals surface area contributed by atoms with E-state index in [-0.39, 0.29) is 0 Å². The second-order valence-electron chi connectivity index (χ2n) is 6.97. The first-order valence-electron chi connectivity index (χ1n) is 9.20. The van der Waals surface area contributed by atoms with E-state index in [0.717, 1.165) is 31.1 Å². The molecular formula is C21H29N3O. The summed E-state index contributed by atoms with van der Waals surface area (Å²) in [6.07, 6.45) is 5.84. The van der Waals surface area contributed by atoms with Gasteiger partial charge in [0.15, 0.2) is 0 Å². The largest absolute Gasteiger partial charge is 0.497 e. The third-order valence-corrected chi connectivity index (χ3v) is 5.07. The van der Waals surface area contributed by atoms with Gasteiger partial charge in [-0.05, 0) is 56.3 Å². The quantitative estimate of drug-likeness (QED) is 0.771. The van der Waals surface area contributed by atoms with Gasteiger partial charge in [0.1, 0.15) is 5.75 Å². The maximum atomic E-state index is 5.28. The zero-order valence-corrected chi connectivity index (χ0v) is 15.4. The normalized spacial score (nSPS) is 18.4. The monoisotopic (exact) mass is 339 g/mol. The first kappa shape index (κ1) is 17.9. The lowest BCUT2D eigenvalue weighted by atomic mass is 10.0. The van der Waals surface area contributed by atoms with Gasteiger partial charge < -0.3 is 9.64 Å². The van der Waals surface area contributed by atoms with Crippen LogP contribution in [0.3, 0.4) is 0 Å². The number of aromatic nitrogens is 1. The summed E-state index contributed by atoms with van der Waals surface area (Å²) < 4.78 is 5.28. The average molecular weight is 339 g/mol. The second-order valence-corrected chi connectivity index (χ2v) is 6.97. The Labute approximate surface area is 151 Å². The number of piperidine rings is 1. The maximum absolute atomic E-state index is 5.28. The predicted molar refractivity (Wildman–Crippen MR) is 102 cm³/mol. The van der Waals surface area contributed by atoms with E-state index in [4.69, 9.17) is 4.74 Å². The van der Waals surface area contributed by atoms with E-state index in [1.54, 1.807) is 7.11 Å². The highest BCUT2D eigenvalue weighted by Gasteiger charge is 2.22. The Morgan fingerprint density at radius 1 is 1.12 bits per heavy atom. The molecule has 1 saturated heterocycles. The zero-order chi connectivity index (χ0) is 17.5. The third-order valence-electron chi connectivity index (χ3n) is 5.07. The molecule has 4 nitrogen and oxygen atoms in total. The summed E-state index contributed by atoms with van der Waals surface area (Å²) in [5.74, 6) is 0.909. The molecule has 3 rings (SSSR count). The van der Waals surface area contributed by atoms with Gasteiger partial charge in [-0.25, -0.2) is 0 Å². The van der Waals surface area contributed by atoms with Gasteiger partial charge in [-0.15, -0.1) is 0 Å². The minimum Gasteiger partial charge on any atom is -0.497 e. The number of ether oxygens (including phenoxy) is 1. The first-order chi connectivity index (χ1) is 12.2. The summed E-state index contributed by atoms with van der Waals surface area (Å²) in [6, 6.07) is 15.2. The molecule has 1 fully saturated rings. The molecule has 1 aliphatic heterocycles. The molecule has 0 aliphatic carbocycles. The Hall–Kier alpha value is -1.91. The van der Waals surface area contributed by atoms with Crippen LogP contribution in [-0.2, 0) is 13.1 Å². The third kappa shape index (κ3) is 5.28. The lowest BCUT2D eigenvalue weighted by Crippen LogP contribution is -2.44. The van der Waals surface area contributed by atoms with Gasteiger partial charge in [0.2, 0.25) is 0 Å². The van der Waals surface area contributed by atoms with E-state index in [2.05, 4.69) is 46.1 Å². The van der Waals surface area contributed by atoms with E-state index in [1.165, 1.54) is 31.4 Å². The van der Waals surface area contributed by atoms with E-state index in [1.807, 2.05) is 24.4 Å². The van der Waals surface area contributed by atoms with Crippen LogP contribution < -0.4 is 4.74 Å². The lowest BCUT2D eigenvalue weighted by molar-refractivity contribution is 0.120. The molecule has 4 heteroatoms. The number of hydrogen-bond acceptors (Lipinski definition) is 4. The molecule has 0 spiro atoms. The molecule has 1 atom stereocenters. The average Bonchev–Trinajstić information content (AvgIpc) is 2.65. The zero-order valence-electron chi connectivity index (χ0n) is 15.4. The Balaban J connectivity index is 1.70. The van der Waals surface area contributed by atoms with Crippen LogP contribution in [0.5, 0.6) is 5.75 Å². The minimum absolute atomic E-state index is 0.635. The van der Waals surface area contributed by atoms with Gasteiger partial charge in [-0.3, -0.25) is 9.88 Å². The first-order valence-corrected chi connectivity index (χ1v) is 9.20. The number of likely N-dealkylation sites (tertiary alicyclic amines) is 1. The minimum atomic E-state index is 0.635. The maximum Gasteiger partial charge on any atom is 0.118 e. The van der Waals surface area contributed by atoms with Gasteiger partial charge in [0.05, 0.1) is 12.8 Å². The van der Waals surface area contributed by atoms with Crippen LogP contribution in [0.1, 0.15) is 30.5 Å². The van der Waals surface area contributed by atoms with Crippen molar-refractivity contribution in [2.45, 2.75) is 38.4 Å². The fourth-order valence-corrected chi connectivity index (χ4v) is 3.57. The Morgan fingerprint density at radius 3 is 2.64 bits per heavy atom. The smallest absolute Gasteiger partial charge is 0.118 e. The molecule has 2 heterocycles. The molecule has 0 bridgehead atoms. The van der Waals surface area contributed by atoms with Crippen LogP contribution in [0.2, 0.25) is 0 Å². The van der Waals surface area contributed by atoms with Crippen LogP contribution in [0, 0.1) is 0 Å². The highest BCUT2D eigenvalue weighted by Crippen LogP contribution is 2.19. The molecule has 0 amide bonds. The molecule has 0 N–H and O–H groups in total. The molecule has 1 aliphatic rings. The number of rotatable bonds is 7. The molecule has 1 aromatic heterocycles. The topological polar surface area (TPSA) is 28.6 Å². The van der Waals surface area contributed by atoms with Gasteiger partial charge in [0.25, 0.3) is 0 Å². The lowest BCUT2D eigenvalue weighted by Gasteiger charge is -2.36. The summed E-state index contributed by atoms with van der Waals surface area (Å²) in [7, 11) is 3.97. The van der Waals surface area contributed by atoms with Crippen LogP contribution >= 0.6 is 0 Å². The molecule has 134 valence electrons. The van der Waals surface area contributed by atoms with Crippen molar-refractivity contribution >= 4 is 0 Å². The number of methoxy groups -OCH3 is 1. The van der Waals surface area contributed by atoms with Crippen molar-refractivity contribution in [3.8, 4) is 5.75 Å². The van der Waals surface area contributed by atoms with Gasteiger partial charge in [-0.1, -0.05) is 24.6 Å². The summed E-state index contributed by atoms with van der Waals surface area (Å²) >= 11 is 0. The van der Waals surface area contributed by atoms with E-state index in [0.29, 0.717) is 6.04 Å². The van der Waals surface area contributed by atoms with Gasteiger partial charge in [-0.2, -0.15) is 0 Å². The van der Waals surface area contributed by atoms with Crippen molar-refractivity contribution in [2.24, 2.45) is 0 Å². The van der Waals surface area contributed by atoms with Gasteiger partial charge in [0, 0.05) is 31.9 Å². The Bertz CT molecular complexity index is 629. The number of hydrogen-bond donors (Lipinski definition) is 0. The summed E-state index contributed by atoms with van der Waals surface area (Å²) in [5, 5.41) is 0. The van der Waals surface area contributed by atoms with Crippen LogP contribution in [0.15, 0.2) is 48.7 Å². The number of benzene rings is 1. The highest BCUT2D eigenvalue weighted by atomic mass is 16.5. The van der Waals surface area contributed by atoms with Crippen LogP contribution in [0.4, 0.5) is 0 Å². The number of nitrogens with zero attached hydrogens (tertiary/aromatic N) is 3. The van der Waals surface area contributed by atoms with Crippen molar-refractivity contribution in [2.75, 3.05) is 27.2 Å². The van der Waals surface area contributed by atoms with E-state index in [9.17, 15) is 0 Å². The summed E-state index contributed by atoms with van der Waals surface area (Å²) in [4.78, 5) is 9.57. The fourth-order valence-electron chi connectivity index (χ4n) is 3.57. The Kier molecular flexibility index (Phi) is 6.42. The van der Waals surface area contributed by atoms with Crippen molar-refractivity contribution < 1.29 is 4.74 Å². The van der Waals surface area contributed by atoms with Gasteiger partial charge >= 0.3 is 0 Å². The fraction of sp³-hybridized carbons (Fsp3) is 0.476. The molecular weight excluding hydrogens is 310 g/mol. The number of likely N-dealkylation sites (N-methyl/N-ethyl adjacent to an activating group) is 1. The highest BCUT2D eigenvalue weighted by molar-refractivity contribution is 5.27. The van der Waals surface area contributed by atoms with Crippen molar-refractivity contribution in [3.63, 3.8) is 0 Å². The molecule has 0 radical (unpaired) electrons. The van der Waals surface area contributed by atoms with Crippen molar-refractivity contribution in [1.82, 2.24) is 14.8 Å². The van der Waals surface area contributed by atoms with E-state index >= 15 is 0 Å². The predicted octanol–water partition coefficient (Wildman–Crippen LogP) is 3.58. The standard InChI is InChI=1S/C21H29N3O/c1-23-14-6-4-8-20(23)17-24(16-19-7-3-5-13-22-19)15-18-9-11-21(25-2)12-10-18/h3,5,7,9-13,20H,4,6,8,14-17H2,1-2H3/t20-/m1/s1. The molecule has 0 saturated carbocycles. The second kappa shape index (κ2) is 8.97. The molecule has 1 aromatic carbocycles. The SMILES string of the molecule is COc1ccc(CN(Cc2ccccn2)C[C@H]2CCCCN2C)cc1. The molecule has 2 aromatic rings. The van der Waals surface area contributed by atoms with Crippen LogP contribution in [-0.4, -0.2) is 48.1 Å². The van der Waals surface area contributed by atoms with Crippen molar-refractivity contribution in [1.29, 1.82) is 0 Å². The van der Waals surface area contributed by atoms with E-state index < -0.39 is 0 Å². The van der Waals surface area contributed by atoms with Crippen molar-refractivity contribution in [3.05, 3.63) is 59.9 Å². The Morgan fingerprint density at radius 2 is 1.96 bits per heavy atom. The molecule has 25 heavy (non-hydrogen) atoms. The number of pyridine rings is 1.